The van der Waals surface area contributed by atoms with Crippen LogP contribution in [-0.4, -0.2) is 55.8 Å². The molecule has 0 aromatic carbocycles. The van der Waals surface area contributed by atoms with Crippen molar-refractivity contribution < 1.29 is 8.42 Å². The van der Waals surface area contributed by atoms with E-state index in [9.17, 15) is 8.42 Å². The van der Waals surface area contributed by atoms with Crippen molar-refractivity contribution in [1.29, 1.82) is 0 Å². The monoisotopic (exact) mass is 318 g/mol. The number of aryl methyl sites for hydroxylation is 1. The summed E-state index contributed by atoms with van der Waals surface area (Å²) in [5, 5.41) is 3.00. The Labute approximate surface area is 125 Å². The number of hydrogen-bond acceptors (Lipinski definition) is 5. The van der Waals surface area contributed by atoms with Gasteiger partial charge in [0, 0.05) is 31.6 Å². The quantitative estimate of drug-likeness (QED) is 0.837. The Kier molecular flexibility index (Phi) is 5.50. The van der Waals surface area contributed by atoms with Gasteiger partial charge in [0.1, 0.15) is 0 Å². The first-order chi connectivity index (χ1) is 9.51. The molecular formula is C12H22N4O2S2. The predicted octanol–water partition coefficient (Wildman–Crippen LogP) is 0.677. The number of nitrogens with one attached hydrogen (secondary N) is 1. The fourth-order valence-corrected chi connectivity index (χ4v) is 4.10. The van der Waals surface area contributed by atoms with Crippen LogP contribution < -0.4 is 4.72 Å². The van der Waals surface area contributed by atoms with E-state index in [1.165, 1.54) is 4.31 Å². The van der Waals surface area contributed by atoms with Crippen molar-refractivity contribution in [2.24, 2.45) is 0 Å². The van der Waals surface area contributed by atoms with Crippen molar-refractivity contribution in [3.8, 4) is 0 Å². The van der Waals surface area contributed by atoms with Crippen LogP contribution in [0.2, 0.25) is 0 Å². The second-order valence-electron chi connectivity index (χ2n) is 5.01. The SMILES string of the molecule is CCCc1nc(CNS(=O)(=O)N2CCN(C)CC2)cs1. The molecule has 0 atom stereocenters. The molecule has 0 radical (unpaired) electrons. The van der Waals surface area contributed by atoms with Gasteiger partial charge in [-0.3, -0.25) is 0 Å². The first-order valence-electron chi connectivity index (χ1n) is 6.88. The van der Waals surface area contributed by atoms with Gasteiger partial charge in [-0.1, -0.05) is 6.92 Å². The number of rotatable bonds is 6. The zero-order chi connectivity index (χ0) is 14.6. The first-order valence-corrected chi connectivity index (χ1v) is 9.20. The van der Waals surface area contributed by atoms with E-state index in [4.69, 9.17) is 0 Å². The van der Waals surface area contributed by atoms with E-state index in [2.05, 4.69) is 21.5 Å². The maximum atomic E-state index is 12.2. The molecule has 2 heterocycles. The minimum Gasteiger partial charge on any atom is -0.304 e. The van der Waals surface area contributed by atoms with Crippen molar-refractivity contribution in [2.45, 2.75) is 26.3 Å². The molecule has 1 N–H and O–H groups in total. The average Bonchev–Trinajstić information content (AvgIpc) is 2.85. The standard InChI is InChI=1S/C12H22N4O2S2/c1-3-4-12-14-11(10-19-12)9-13-20(17,18)16-7-5-15(2)6-8-16/h10,13H,3-9H2,1-2H3. The summed E-state index contributed by atoms with van der Waals surface area (Å²) in [4.78, 5) is 6.55. The maximum absolute atomic E-state index is 12.2. The van der Waals surface area contributed by atoms with Crippen molar-refractivity contribution in [3.63, 3.8) is 0 Å². The number of nitrogens with zero attached hydrogens (tertiary/aromatic N) is 3. The van der Waals surface area contributed by atoms with E-state index in [-0.39, 0.29) is 6.54 Å². The van der Waals surface area contributed by atoms with Crippen molar-refractivity contribution >= 4 is 21.5 Å². The molecule has 6 nitrogen and oxygen atoms in total. The largest absolute Gasteiger partial charge is 0.304 e. The molecular weight excluding hydrogens is 296 g/mol. The Bertz CT molecular complexity index is 521. The van der Waals surface area contributed by atoms with Gasteiger partial charge in [-0.15, -0.1) is 11.3 Å². The minimum absolute atomic E-state index is 0.273. The fourth-order valence-electron chi connectivity index (χ4n) is 2.04. The summed E-state index contributed by atoms with van der Waals surface area (Å²) in [7, 11) is -1.38. The van der Waals surface area contributed by atoms with Gasteiger partial charge in [-0.2, -0.15) is 17.4 Å². The van der Waals surface area contributed by atoms with Gasteiger partial charge in [0.05, 0.1) is 17.2 Å². The number of thiazole rings is 1. The Balaban J connectivity index is 1.88. The number of likely N-dealkylation sites (N-methyl/N-ethyl adjacent to an activating group) is 1. The topological polar surface area (TPSA) is 65.5 Å². The van der Waals surface area contributed by atoms with Crippen molar-refractivity contribution in [2.75, 3.05) is 33.2 Å². The highest BCUT2D eigenvalue weighted by Crippen LogP contribution is 2.12. The van der Waals surface area contributed by atoms with Crippen LogP contribution in [0.1, 0.15) is 24.0 Å². The zero-order valence-corrected chi connectivity index (χ0v) is 13.6. The van der Waals surface area contributed by atoms with Gasteiger partial charge >= 0.3 is 0 Å². The van der Waals surface area contributed by atoms with Crippen LogP contribution in [0.15, 0.2) is 5.38 Å². The van der Waals surface area contributed by atoms with Crippen LogP contribution in [0.3, 0.4) is 0 Å². The third-order valence-corrected chi connectivity index (χ3v) is 5.81. The molecule has 0 bridgehead atoms. The predicted molar refractivity (Wildman–Crippen MR) is 80.9 cm³/mol. The van der Waals surface area contributed by atoms with E-state index in [1.54, 1.807) is 11.3 Å². The molecule has 2 rings (SSSR count). The van der Waals surface area contributed by atoms with Crippen LogP contribution in [0, 0.1) is 0 Å². The molecule has 1 aromatic rings. The summed E-state index contributed by atoms with van der Waals surface area (Å²) in [6, 6.07) is 0. The highest BCUT2D eigenvalue weighted by molar-refractivity contribution is 7.87. The highest BCUT2D eigenvalue weighted by atomic mass is 32.2. The van der Waals surface area contributed by atoms with E-state index in [0.29, 0.717) is 13.1 Å². The summed E-state index contributed by atoms with van der Waals surface area (Å²) in [6.45, 7) is 5.02. The molecule has 1 fully saturated rings. The fraction of sp³-hybridized carbons (Fsp3) is 0.750. The van der Waals surface area contributed by atoms with Crippen molar-refractivity contribution in [1.82, 2.24) is 18.9 Å². The summed E-state index contributed by atoms with van der Waals surface area (Å²) in [5.41, 5.74) is 0.802. The molecule has 1 aromatic heterocycles. The maximum Gasteiger partial charge on any atom is 0.279 e. The number of piperazine rings is 1. The summed E-state index contributed by atoms with van der Waals surface area (Å²) in [6.07, 6.45) is 2.01. The summed E-state index contributed by atoms with van der Waals surface area (Å²) >= 11 is 1.59. The molecule has 1 aliphatic rings. The molecule has 114 valence electrons. The van der Waals surface area contributed by atoms with E-state index >= 15 is 0 Å². The molecule has 1 aliphatic heterocycles. The van der Waals surface area contributed by atoms with Crippen LogP contribution in [-0.2, 0) is 23.2 Å². The smallest absolute Gasteiger partial charge is 0.279 e. The molecule has 0 spiro atoms. The Morgan fingerprint density at radius 2 is 2.05 bits per heavy atom. The Morgan fingerprint density at radius 1 is 1.35 bits per heavy atom. The molecule has 0 aliphatic carbocycles. The lowest BCUT2D eigenvalue weighted by molar-refractivity contribution is 0.221. The van der Waals surface area contributed by atoms with Gasteiger partial charge < -0.3 is 4.90 Å². The van der Waals surface area contributed by atoms with Gasteiger partial charge in [0.15, 0.2) is 0 Å². The summed E-state index contributed by atoms with van der Waals surface area (Å²) < 4.78 is 28.5. The van der Waals surface area contributed by atoms with Crippen molar-refractivity contribution in [3.05, 3.63) is 16.1 Å². The minimum atomic E-state index is -3.39. The van der Waals surface area contributed by atoms with Crippen LogP contribution in [0.5, 0.6) is 0 Å². The van der Waals surface area contributed by atoms with Gasteiger partial charge in [0.2, 0.25) is 0 Å². The lowest BCUT2D eigenvalue weighted by Crippen LogP contribution is -2.50. The van der Waals surface area contributed by atoms with E-state index in [1.807, 2.05) is 12.4 Å². The molecule has 20 heavy (non-hydrogen) atoms. The number of hydrogen-bond donors (Lipinski definition) is 1. The molecule has 8 heteroatoms. The second kappa shape index (κ2) is 6.95. The van der Waals surface area contributed by atoms with Crippen LogP contribution in [0.25, 0.3) is 0 Å². The Morgan fingerprint density at radius 3 is 2.70 bits per heavy atom. The average molecular weight is 318 g/mol. The molecule has 0 amide bonds. The lowest BCUT2D eigenvalue weighted by atomic mass is 10.3. The number of aromatic nitrogens is 1. The van der Waals surface area contributed by atoms with E-state index in [0.717, 1.165) is 36.6 Å². The van der Waals surface area contributed by atoms with Gasteiger partial charge in [-0.05, 0) is 19.9 Å². The van der Waals surface area contributed by atoms with E-state index < -0.39 is 10.2 Å². The molecule has 0 saturated carbocycles. The zero-order valence-electron chi connectivity index (χ0n) is 12.0. The lowest BCUT2D eigenvalue weighted by Gasteiger charge is -2.31. The van der Waals surface area contributed by atoms with Crippen LogP contribution in [0.4, 0.5) is 0 Å². The summed E-state index contributed by atoms with van der Waals surface area (Å²) in [5.74, 6) is 0. The molecule has 0 unspecified atom stereocenters. The van der Waals surface area contributed by atoms with Gasteiger partial charge in [-0.25, -0.2) is 4.98 Å². The molecule has 1 saturated heterocycles. The third kappa shape index (κ3) is 4.23. The van der Waals surface area contributed by atoms with Crippen LogP contribution >= 0.6 is 11.3 Å². The third-order valence-electron chi connectivity index (χ3n) is 3.30. The first kappa shape index (κ1) is 15.8. The second-order valence-corrected chi connectivity index (χ2v) is 7.71. The Hall–Kier alpha value is -0.540. The van der Waals surface area contributed by atoms with Gasteiger partial charge in [0.25, 0.3) is 10.2 Å². The highest BCUT2D eigenvalue weighted by Gasteiger charge is 2.25. The normalized spacial score (nSPS) is 18.5.